The molecule has 0 fully saturated rings. The van der Waals surface area contributed by atoms with E-state index in [-0.39, 0.29) is 5.91 Å². The van der Waals surface area contributed by atoms with Crippen molar-refractivity contribution in [2.45, 2.75) is 0 Å². The number of carbonyl (C=O) groups excluding carboxylic acids is 1. The van der Waals surface area contributed by atoms with E-state index in [4.69, 9.17) is 23.2 Å². The normalized spacial score (nSPS) is 11.1. The Labute approximate surface area is 180 Å². The molecule has 2 heterocycles. The molecule has 2 aromatic heterocycles. The molecule has 0 bridgehead atoms. The molecule has 3 aromatic carbocycles. The molecular formula is C22H13Cl2N5O. The lowest BCUT2D eigenvalue weighted by atomic mass is 10.2. The molecule has 0 radical (unpaired) electrons. The quantitative estimate of drug-likeness (QED) is 0.380. The van der Waals surface area contributed by atoms with Gasteiger partial charge in [-0.25, -0.2) is 4.98 Å². The van der Waals surface area contributed by atoms with Crippen molar-refractivity contribution < 1.29 is 4.79 Å². The van der Waals surface area contributed by atoms with Gasteiger partial charge >= 0.3 is 0 Å². The molecular weight excluding hydrogens is 421 g/mol. The maximum Gasteiger partial charge on any atom is 0.255 e. The maximum atomic E-state index is 12.8. The lowest BCUT2D eigenvalue weighted by molar-refractivity contribution is 0.102. The largest absolute Gasteiger partial charge is 0.338 e. The first-order valence-electron chi connectivity index (χ1n) is 9.05. The highest BCUT2D eigenvalue weighted by Gasteiger charge is 2.14. The van der Waals surface area contributed by atoms with E-state index in [2.05, 4.69) is 25.3 Å². The second-order valence-electron chi connectivity index (χ2n) is 6.63. The fraction of sp³-hybridized carbons (Fsp3) is 0. The van der Waals surface area contributed by atoms with Gasteiger partial charge < -0.3 is 10.3 Å². The topological polar surface area (TPSA) is 83.6 Å². The molecule has 0 aliphatic rings. The van der Waals surface area contributed by atoms with Gasteiger partial charge in [-0.15, -0.1) is 0 Å². The molecule has 30 heavy (non-hydrogen) atoms. The number of fused-ring (bicyclic) bond motifs is 2. The Hall–Kier alpha value is -3.48. The zero-order valence-electron chi connectivity index (χ0n) is 15.4. The third-order valence-corrected chi connectivity index (χ3v) is 5.30. The monoisotopic (exact) mass is 433 g/mol. The summed E-state index contributed by atoms with van der Waals surface area (Å²) in [5.41, 5.74) is 4.62. The number of nitrogens with one attached hydrogen (secondary N) is 2. The summed E-state index contributed by atoms with van der Waals surface area (Å²) in [4.78, 5) is 29.0. The number of anilines is 1. The van der Waals surface area contributed by atoms with Crippen molar-refractivity contribution in [3.05, 3.63) is 82.6 Å². The smallest absolute Gasteiger partial charge is 0.255 e. The van der Waals surface area contributed by atoms with Gasteiger partial charge in [-0.05, 0) is 48.5 Å². The standard InChI is InChI=1S/C22H13Cl2N5O/c23-14-2-1-3-15(24)20(14)21-28-17-6-4-12(10-19(17)29-21)22(30)27-13-5-7-16-18(11-13)26-9-8-25-16/h1-11H,(H,27,30)(H,28,29). The highest BCUT2D eigenvalue weighted by molar-refractivity contribution is 6.39. The number of amides is 1. The van der Waals surface area contributed by atoms with Gasteiger partial charge in [0, 0.05) is 23.6 Å². The van der Waals surface area contributed by atoms with Gasteiger partial charge in [-0.2, -0.15) is 0 Å². The summed E-state index contributed by atoms with van der Waals surface area (Å²) in [7, 11) is 0. The third-order valence-electron chi connectivity index (χ3n) is 4.67. The average Bonchev–Trinajstić information content (AvgIpc) is 3.16. The van der Waals surface area contributed by atoms with Crippen LogP contribution in [0.3, 0.4) is 0 Å². The number of carbonyl (C=O) groups is 1. The lowest BCUT2D eigenvalue weighted by Gasteiger charge is -2.06. The SMILES string of the molecule is O=C(Nc1ccc2nccnc2c1)c1ccc2[nH]c(-c3c(Cl)cccc3Cl)nc2c1. The van der Waals surface area contributed by atoms with Crippen LogP contribution in [0.15, 0.2) is 67.0 Å². The fourth-order valence-corrected chi connectivity index (χ4v) is 3.81. The number of halogens is 2. The predicted octanol–water partition coefficient (Wildman–Crippen LogP) is 5.73. The molecule has 5 aromatic rings. The van der Waals surface area contributed by atoms with Crippen LogP contribution < -0.4 is 5.32 Å². The van der Waals surface area contributed by atoms with E-state index < -0.39 is 0 Å². The van der Waals surface area contributed by atoms with Crippen molar-refractivity contribution in [2.75, 3.05) is 5.32 Å². The second kappa shape index (κ2) is 7.40. The lowest BCUT2D eigenvalue weighted by Crippen LogP contribution is -2.11. The summed E-state index contributed by atoms with van der Waals surface area (Å²) in [5.74, 6) is 0.298. The number of nitrogens with zero attached hydrogens (tertiary/aromatic N) is 3. The van der Waals surface area contributed by atoms with E-state index in [9.17, 15) is 4.79 Å². The maximum absolute atomic E-state index is 12.8. The van der Waals surface area contributed by atoms with Gasteiger partial charge in [0.2, 0.25) is 0 Å². The van der Waals surface area contributed by atoms with Crippen LogP contribution in [0.2, 0.25) is 10.0 Å². The number of hydrogen-bond donors (Lipinski definition) is 2. The van der Waals surface area contributed by atoms with Gasteiger partial charge in [-0.1, -0.05) is 29.3 Å². The first-order valence-corrected chi connectivity index (χ1v) is 9.80. The molecule has 0 atom stereocenters. The van der Waals surface area contributed by atoms with Crippen molar-refractivity contribution in [3.8, 4) is 11.4 Å². The Bertz CT molecular complexity index is 1410. The number of imidazole rings is 1. The van der Waals surface area contributed by atoms with Crippen molar-refractivity contribution in [1.29, 1.82) is 0 Å². The van der Waals surface area contributed by atoms with E-state index in [0.29, 0.717) is 43.7 Å². The summed E-state index contributed by atoms with van der Waals surface area (Å²) in [6, 6.07) is 15.9. The Morgan fingerprint density at radius 2 is 1.63 bits per heavy atom. The van der Waals surface area contributed by atoms with Crippen LogP contribution in [-0.2, 0) is 0 Å². The van der Waals surface area contributed by atoms with Crippen molar-refractivity contribution in [2.24, 2.45) is 0 Å². The van der Waals surface area contributed by atoms with Gasteiger partial charge in [0.15, 0.2) is 0 Å². The zero-order valence-corrected chi connectivity index (χ0v) is 16.9. The first kappa shape index (κ1) is 18.5. The van der Waals surface area contributed by atoms with Crippen molar-refractivity contribution in [3.63, 3.8) is 0 Å². The number of rotatable bonds is 3. The molecule has 0 unspecified atom stereocenters. The average molecular weight is 434 g/mol. The summed E-state index contributed by atoms with van der Waals surface area (Å²) >= 11 is 12.6. The molecule has 2 N–H and O–H groups in total. The van der Waals surface area contributed by atoms with Crippen molar-refractivity contribution >= 4 is 56.9 Å². The number of aromatic nitrogens is 4. The summed E-state index contributed by atoms with van der Waals surface area (Å²) in [6.45, 7) is 0. The van der Waals surface area contributed by atoms with Gasteiger partial charge in [0.1, 0.15) is 5.82 Å². The summed E-state index contributed by atoms with van der Waals surface area (Å²) < 4.78 is 0. The first-order chi connectivity index (χ1) is 14.6. The van der Waals surface area contributed by atoms with Crippen LogP contribution in [0.4, 0.5) is 5.69 Å². The number of aromatic amines is 1. The summed E-state index contributed by atoms with van der Waals surface area (Å²) in [6.07, 6.45) is 3.24. The van der Waals surface area contributed by atoms with Crippen LogP contribution in [0.5, 0.6) is 0 Å². The summed E-state index contributed by atoms with van der Waals surface area (Å²) in [5, 5.41) is 3.88. The van der Waals surface area contributed by atoms with E-state index in [1.807, 2.05) is 6.07 Å². The highest BCUT2D eigenvalue weighted by atomic mass is 35.5. The van der Waals surface area contributed by atoms with E-state index in [1.165, 1.54) is 0 Å². The van der Waals surface area contributed by atoms with Crippen LogP contribution in [0, 0.1) is 0 Å². The van der Waals surface area contributed by atoms with Gasteiger partial charge in [0.05, 0.1) is 37.7 Å². The number of hydrogen-bond acceptors (Lipinski definition) is 4. The number of H-pyrrole nitrogens is 1. The van der Waals surface area contributed by atoms with Gasteiger partial charge in [-0.3, -0.25) is 14.8 Å². The molecule has 0 saturated heterocycles. The zero-order chi connectivity index (χ0) is 20.7. The van der Waals surface area contributed by atoms with Crippen molar-refractivity contribution in [1.82, 2.24) is 19.9 Å². The molecule has 0 saturated carbocycles. The fourth-order valence-electron chi connectivity index (χ4n) is 3.23. The van der Waals surface area contributed by atoms with Crippen LogP contribution in [-0.4, -0.2) is 25.8 Å². The molecule has 6 nitrogen and oxygen atoms in total. The molecule has 1 amide bonds. The molecule has 0 aliphatic carbocycles. The molecule has 8 heteroatoms. The van der Waals surface area contributed by atoms with Crippen LogP contribution in [0.1, 0.15) is 10.4 Å². The van der Waals surface area contributed by atoms with E-state index in [1.54, 1.807) is 60.9 Å². The minimum atomic E-state index is -0.250. The Morgan fingerprint density at radius 1 is 0.867 bits per heavy atom. The molecule has 0 aliphatic heterocycles. The highest BCUT2D eigenvalue weighted by Crippen LogP contribution is 2.34. The second-order valence-corrected chi connectivity index (χ2v) is 7.44. The molecule has 146 valence electrons. The Morgan fingerprint density at radius 3 is 2.43 bits per heavy atom. The predicted molar refractivity (Wildman–Crippen MR) is 119 cm³/mol. The minimum Gasteiger partial charge on any atom is -0.338 e. The molecule has 5 rings (SSSR count). The minimum absolute atomic E-state index is 0.250. The third kappa shape index (κ3) is 3.36. The Kier molecular flexibility index (Phi) is 4.58. The number of benzene rings is 3. The van der Waals surface area contributed by atoms with E-state index in [0.717, 1.165) is 11.0 Å². The van der Waals surface area contributed by atoms with E-state index >= 15 is 0 Å². The Balaban J connectivity index is 1.46. The van der Waals surface area contributed by atoms with Crippen LogP contribution >= 0.6 is 23.2 Å². The van der Waals surface area contributed by atoms with Crippen LogP contribution in [0.25, 0.3) is 33.5 Å². The van der Waals surface area contributed by atoms with Gasteiger partial charge in [0.25, 0.3) is 5.91 Å². The molecule has 0 spiro atoms.